The van der Waals surface area contributed by atoms with E-state index in [4.69, 9.17) is 4.98 Å². The number of para-hydroxylation sites is 2. The van der Waals surface area contributed by atoms with Gasteiger partial charge in [-0.05, 0) is 42.0 Å². The van der Waals surface area contributed by atoms with E-state index in [1.165, 1.54) is 24.3 Å². The van der Waals surface area contributed by atoms with Crippen LogP contribution in [-0.4, -0.2) is 10.9 Å². The summed E-state index contributed by atoms with van der Waals surface area (Å²) in [4.78, 5) is 17.0. The van der Waals surface area contributed by atoms with Gasteiger partial charge in [0.25, 0.3) is 5.91 Å². The van der Waals surface area contributed by atoms with E-state index in [1.807, 2.05) is 42.5 Å². The number of amides is 1. The average molecular weight is 330 g/mol. The number of hydrogen-bond donors (Lipinski definition) is 1. The van der Waals surface area contributed by atoms with Gasteiger partial charge in [-0.25, -0.2) is 9.37 Å². The summed E-state index contributed by atoms with van der Waals surface area (Å²) >= 11 is 0. The van der Waals surface area contributed by atoms with Crippen LogP contribution in [-0.2, 0) is 6.54 Å². The van der Waals surface area contributed by atoms with Crippen LogP contribution in [0.15, 0.2) is 72.8 Å². The molecule has 122 valence electrons. The maximum absolute atomic E-state index is 13.0. The molecule has 1 N–H and O–H groups in total. The Balaban J connectivity index is 1.63. The Morgan fingerprint density at radius 3 is 2.52 bits per heavy atom. The third-order valence-electron chi connectivity index (χ3n) is 4.18. The standard InChI is InChI=1S/C21H15FN2O/c22-18-10-8-14(9-11-18)21(25)23-13-17-6-3-5-16-12-15-4-1-2-7-19(15)24-20(16)17/h1-12H,13H2,(H,23,25). The lowest BCUT2D eigenvalue weighted by atomic mass is 10.1. The molecule has 0 aliphatic carbocycles. The monoisotopic (exact) mass is 330 g/mol. The molecule has 25 heavy (non-hydrogen) atoms. The molecule has 0 saturated heterocycles. The van der Waals surface area contributed by atoms with Gasteiger partial charge in [0.2, 0.25) is 0 Å². The van der Waals surface area contributed by atoms with E-state index in [1.54, 1.807) is 0 Å². The Hall–Kier alpha value is -3.27. The number of fused-ring (bicyclic) bond motifs is 2. The zero-order chi connectivity index (χ0) is 17.2. The van der Waals surface area contributed by atoms with Crippen molar-refractivity contribution in [3.05, 3.63) is 89.7 Å². The van der Waals surface area contributed by atoms with Crippen LogP contribution in [0.5, 0.6) is 0 Å². The first-order valence-corrected chi connectivity index (χ1v) is 8.02. The van der Waals surface area contributed by atoms with Crippen LogP contribution in [0, 0.1) is 5.82 Å². The second kappa shape index (κ2) is 6.32. The molecule has 0 fully saturated rings. The van der Waals surface area contributed by atoms with Crippen molar-refractivity contribution in [1.29, 1.82) is 0 Å². The molecular weight excluding hydrogens is 315 g/mol. The molecule has 1 amide bonds. The number of rotatable bonds is 3. The minimum Gasteiger partial charge on any atom is -0.348 e. The van der Waals surface area contributed by atoms with Crippen LogP contribution < -0.4 is 5.32 Å². The minimum absolute atomic E-state index is 0.238. The molecule has 0 spiro atoms. The molecule has 0 unspecified atom stereocenters. The van der Waals surface area contributed by atoms with Crippen molar-refractivity contribution in [3.8, 4) is 0 Å². The quantitative estimate of drug-likeness (QED) is 0.564. The van der Waals surface area contributed by atoms with Crippen LogP contribution in [0.4, 0.5) is 4.39 Å². The Morgan fingerprint density at radius 1 is 0.920 bits per heavy atom. The molecule has 0 bridgehead atoms. The number of carbonyl (C=O) groups excluding carboxylic acids is 1. The van der Waals surface area contributed by atoms with E-state index < -0.39 is 0 Å². The molecule has 0 atom stereocenters. The molecule has 3 nitrogen and oxygen atoms in total. The number of aromatic nitrogens is 1. The lowest BCUT2D eigenvalue weighted by molar-refractivity contribution is 0.0951. The topological polar surface area (TPSA) is 42.0 Å². The van der Waals surface area contributed by atoms with E-state index in [2.05, 4.69) is 11.4 Å². The molecule has 3 aromatic carbocycles. The minimum atomic E-state index is -0.360. The molecule has 0 aliphatic heterocycles. The highest BCUT2D eigenvalue weighted by Gasteiger charge is 2.08. The lowest BCUT2D eigenvalue weighted by Crippen LogP contribution is -2.22. The SMILES string of the molecule is O=C(NCc1cccc2cc3ccccc3nc12)c1ccc(F)cc1. The zero-order valence-electron chi connectivity index (χ0n) is 13.4. The number of carbonyl (C=O) groups is 1. The molecule has 4 rings (SSSR count). The van der Waals surface area contributed by atoms with Crippen LogP contribution in [0.3, 0.4) is 0 Å². The predicted octanol–water partition coefficient (Wildman–Crippen LogP) is 4.46. The second-order valence-electron chi connectivity index (χ2n) is 5.86. The van der Waals surface area contributed by atoms with Crippen molar-refractivity contribution in [2.24, 2.45) is 0 Å². The van der Waals surface area contributed by atoms with Gasteiger partial charge in [0.15, 0.2) is 0 Å². The number of nitrogens with one attached hydrogen (secondary N) is 1. The van der Waals surface area contributed by atoms with E-state index in [0.717, 1.165) is 27.4 Å². The van der Waals surface area contributed by atoms with Crippen molar-refractivity contribution < 1.29 is 9.18 Å². The Kier molecular flexibility index (Phi) is 3.86. The third kappa shape index (κ3) is 3.06. The van der Waals surface area contributed by atoms with Crippen molar-refractivity contribution in [2.75, 3.05) is 0 Å². The molecular formula is C21H15FN2O. The highest BCUT2D eigenvalue weighted by Crippen LogP contribution is 2.22. The summed E-state index contributed by atoms with van der Waals surface area (Å²) in [5, 5.41) is 4.99. The van der Waals surface area contributed by atoms with E-state index in [0.29, 0.717) is 12.1 Å². The van der Waals surface area contributed by atoms with Gasteiger partial charge < -0.3 is 5.32 Å². The third-order valence-corrected chi connectivity index (χ3v) is 4.18. The maximum Gasteiger partial charge on any atom is 0.251 e. The van der Waals surface area contributed by atoms with Crippen LogP contribution in [0.1, 0.15) is 15.9 Å². The van der Waals surface area contributed by atoms with Gasteiger partial charge in [0.1, 0.15) is 5.82 Å². The zero-order valence-corrected chi connectivity index (χ0v) is 13.4. The van der Waals surface area contributed by atoms with E-state index >= 15 is 0 Å². The first-order chi connectivity index (χ1) is 12.2. The Morgan fingerprint density at radius 2 is 1.68 bits per heavy atom. The van der Waals surface area contributed by atoms with Crippen LogP contribution >= 0.6 is 0 Å². The number of nitrogens with zero attached hydrogens (tertiary/aromatic N) is 1. The van der Waals surface area contributed by atoms with Crippen molar-refractivity contribution in [2.45, 2.75) is 6.54 Å². The van der Waals surface area contributed by atoms with Gasteiger partial charge in [-0.1, -0.05) is 36.4 Å². The van der Waals surface area contributed by atoms with Gasteiger partial charge in [-0.3, -0.25) is 4.79 Å². The van der Waals surface area contributed by atoms with Gasteiger partial charge in [-0.2, -0.15) is 0 Å². The fraction of sp³-hybridized carbons (Fsp3) is 0.0476. The fourth-order valence-electron chi connectivity index (χ4n) is 2.88. The summed E-state index contributed by atoms with van der Waals surface area (Å²) in [5.74, 6) is -0.598. The largest absolute Gasteiger partial charge is 0.348 e. The smallest absolute Gasteiger partial charge is 0.251 e. The summed E-state index contributed by atoms with van der Waals surface area (Å²) in [6, 6.07) is 21.5. The summed E-state index contributed by atoms with van der Waals surface area (Å²) < 4.78 is 13.0. The summed E-state index contributed by atoms with van der Waals surface area (Å²) in [6.45, 7) is 0.360. The first-order valence-electron chi connectivity index (χ1n) is 8.02. The van der Waals surface area contributed by atoms with Gasteiger partial charge >= 0.3 is 0 Å². The summed E-state index contributed by atoms with van der Waals surface area (Å²) in [6.07, 6.45) is 0. The molecule has 1 aromatic heterocycles. The summed E-state index contributed by atoms with van der Waals surface area (Å²) in [7, 11) is 0. The van der Waals surface area contributed by atoms with Crippen LogP contribution in [0.25, 0.3) is 21.8 Å². The van der Waals surface area contributed by atoms with Crippen molar-refractivity contribution in [1.82, 2.24) is 10.3 Å². The van der Waals surface area contributed by atoms with E-state index in [-0.39, 0.29) is 11.7 Å². The van der Waals surface area contributed by atoms with Gasteiger partial charge in [-0.15, -0.1) is 0 Å². The number of benzene rings is 3. The molecule has 0 saturated carbocycles. The van der Waals surface area contributed by atoms with Crippen molar-refractivity contribution in [3.63, 3.8) is 0 Å². The molecule has 1 heterocycles. The lowest BCUT2D eigenvalue weighted by Gasteiger charge is -2.09. The molecule has 0 aliphatic rings. The highest BCUT2D eigenvalue weighted by atomic mass is 19.1. The maximum atomic E-state index is 13.0. The summed E-state index contributed by atoms with van der Waals surface area (Å²) in [5.41, 5.74) is 3.17. The van der Waals surface area contributed by atoms with E-state index in [9.17, 15) is 9.18 Å². The van der Waals surface area contributed by atoms with Crippen LogP contribution in [0.2, 0.25) is 0 Å². The molecule has 0 radical (unpaired) electrons. The Bertz CT molecular complexity index is 1070. The van der Waals surface area contributed by atoms with Gasteiger partial charge in [0.05, 0.1) is 11.0 Å². The number of hydrogen-bond acceptors (Lipinski definition) is 2. The average Bonchev–Trinajstić information content (AvgIpc) is 2.65. The first kappa shape index (κ1) is 15.3. The molecule has 4 aromatic rings. The number of pyridine rings is 1. The predicted molar refractivity (Wildman–Crippen MR) is 96.8 cm³/mol. The normalized spacial score (nSPS) is 10.9. The Labute approximate surface area is 144 Å². The fourth-order valence-corrected chi connectivity index (χ4v) is 2.88. The molecule has 4 heteroatoms. The van der Waals surface area contributed by atoms with Crippen molar-refractivity contribution >= 4 is 27.7 Å². The second-order valence-corrected chi connectivity index (χ2v) is 5.86. The highest BCUT2D eigenvalue weighted by molar-refractivity contribution is 5.96. The number of halogens is 1. The van der Waals surface area contributed by atoms with Gasteiger partial charge in [0, 0.05) is 22.9 Å².